The van der Waals surface area contributed by atoms with E-state index in [0.29, 0.717) is 11.4 Å². The quantitative estimate of drug-likeness (QED) is 0.767. The molecule has 0 bridgehead atoms. The van der Waals surface area contributed by atoms with Crippen molar-refractivity contribution in [1.29, 1.82) is 0 Å². The minimum Gasteiger partial charge on any atom is -0.497 e. The maximum absolute atomic E-state index is 11.4. The number of carbonyl (C=O) groups excluding carboxylic acids is 2. The van der Waals surface area contributed by atoms with Crippen LogP contribution < -0.4 is 15.4 Å². The third-order valence-electron chi connectivity index (χ3n) is 1.95. The van der Waals surface area contributed by atoms with Crippen LogP contribution in [0.3, 0.4) is 0 Å². The second kappa shape index (κ2) is 6.37. The van der Waals surface area contributed by atoms with E-state index in [0.717, 1.165) is 0 Å². The number of hydrogen-bond donors (Lipinski definition) is 2. The number of rotatable bonds is 4. The Morgan fingerprint density at radius 2 is 2.06 bits per heavy atom. The highest BCUT2D eigenvalue weighted by atomic mass is 16.5. The predicted molar refractivity (Wildman–Crippen MR) is 62.0 cm³/mol. The molecule has 0 spiro atoms. The largest absolute Gasteiger partial charge is 0.497 e. The van der Waals surface area contributed by atoms with Gasteiger partial charge in [-0.1, -0.05) is 6.07 Å². The standard InChI is InChI=1S/C11H14N2O4/c1-16-9-5-3-4-8(6-9)13-11(15)12-7-10(14)17-2/h3-6H,7H2,1-2H3,(H2,12,13,15). The van der Waals surface area contributed by atoms with Gasteiger partial charge in [-0.15, -0.1) is 0 Å². The van der Waals surface area contributed by atoms with Gasteiger partial charge >= 0.3 is 12.0 Å². The Labute approximate surface area is 98.9 Å². The van der Waals surface area contributed by atoms with Gasteiger partial charge in [0.25, 0.3) is 0 Å². The van der Waals surface area contributed by atoms with Crippen molar-refractivity contribution in [2.75, 3.05) is 26.1 Å². The minimum absolute atomic E-state index is 0.174. The molecule has 0 atom stereocenters. The maximum atomic E-state index is 11.4. The monoisotopic (exact) mass is 238 g/mol. The zero-order chi connectivity index (χ0) is 12.7. The first kappa shape index (κ1) is 12.8. The van der Waals surface area contributed by atoms with Crippen molar-refractivity contribution in [2.24, 2.45) is 0 Å². The van der Waals surface area contributed by atoms with Gasteiger partial charge in [-0.25, -0.2) is 4.79 Å². The molecule has 0 aliphatic rings. The lowest BCUT2D eigenvalue weighted by Crippen LogP contribution is -2.33. The molecule has 1 rings (SSSR count). The van der Waals surface area contributed by atoms with Gasteiger partial charge < -0.3 is 20.1 Å². The average molecular weight is 238 g/mol. The Kier molecular flexibility index (Phi) is 4.80. The summed E-state index contributed by atoms with van der Waals surface area (Å²) in [6.45, 7) is -0.174. The number of benzene rings is 1. The van der Waals surface area contributed by atoms with Crippen molar-refractivity contribution in [2.45, 2.75) is 0 Å². The summed E-state index contributed by atoms with van der Waals surface area (Å²) in [5, 5.41) is 4.91. The highest BCUT2D eigenvalue weighted by Crippen LogP contribution is 2.16. The summed E-state index contributed by atoms with van der Waals surface area (Å²) in [6, 6.07) is 6.40. The van der Waals surface area contributed by atoms with Gasteiger partial charge in [0.05, 0.1) is 14.2 Å². The van der Waals surface area contributed by atoms with Gasteiger partial charge in [0.2, 0.25) is 0 Å². The fourth-order valence-electron chi connectivity index (χ4n) is 1.10. The highest BCUT2D eigenvalue weighted by molar-refractivity contribution is 5.91. The lowest BCUT2D eigenvalue weighted by Gasteiger charge is -2.07. The molecule has 6 nitrogen and oxygen atoms in total. The van der Waals surface area contributed by atoms with Crippen LogP contribution in [0, 0.1) is 0 Å². The molecule has 6 heteroatoms. The predicted octanol–water partition coefficient (Wildman–Crippen LogP) is 0.990. The van der Waals surface area contributed by atoms with E-state index in [1.165, 1.54) is 14.2 Å². The molecule has 92 valence electrons. The molecular weight excluding hydrogens is 224 g/mol. The number of esters is 1. The molecule has 0 heterocycles. The van der Waals surface area contributed by atoms with E-state index >= 15 is 0 Å². The van der Waals surface area contributed by atoms with Crippen LogP contribution in [0.15, 0.2) is 24.3 Å². The number of hydrogen-bond acceptors (Lipinski definition) is 4. The lowest BCUT2D eigenvalue weighted by molar-refractivity contribution is -0.139. The second-order valence-corrected chi connectivity index (χ2v) is 3.12. The number of amides is 2. The molecule has 2 N–H and O–H groups in total. The van der Waals surface area contributed by atoms with Crippen molar-refractivity contribution in [3.63, 3.8) is 0 Å². The SMILES string of the molecule is COC(=O)CNC(=O)Nc1cccc(OC)c1. The number of methoxy groups -OCH3 is 2. The van der Waals surface area contributed by atoms with Crippen LogP contribution in [-0.4, -0.2) is 32.8 Å². The molecule has 1 aromatic rings. The molecule has 0 radical (unpaired) electrons. The molecule has 2 amide bonds. The van der Waals surface area contributed by atoms with Gasteiger partial charge in [-0.3, -0.25) is 4.79 Å². The molecule has 17 heavy (non-hydrogen) atoms. The molecule has 0 saturated carbocycles. The first-order chi connectivity index (χ1) is 8.15. The van der Waals surface area contributed by atoms with Crippen LogP contribution in [-0.2, 0) is 9.53 Å². The second-order valence-electron chi connectivity index (χ2n) is 3.12. The molecule has 0 aromatic heterocycles. The number of nitrogens with one attached hydrogen (secondary N) is 2. The molecule has 0 fully saturated rings. The van der Waals surface area contributed by atoms with E-state index < -0.39 is 12.0 Å². The zero-order valence-corrected chi connectivity index (χ0v) is 9.65. The van der Waals surface area contributed by atoms with Gasteiger partial charge in [0.1, 0.15) is 12.3 Å². The van der Waals surface area contributed by atoms with Crippen LogP contribution in [0.2, 0.25) is 0 Å². The van der Waals surface area contributed by atoms with Gasteiger partial charge in [-0.05, 0) is 12.1 Å². The van der Waals surface area contributed by atoms with Crippen molar-refractivity contribution < 1.29 is 19.1 Å². The van der Waals surface area contributed by atoms with Gasteiger partial charge in [-0.2, -0.15) is 0 Å². The van der Waals surface area contributed by atoms with Crippen LogP contribution >= 0.6 is 0 Å². The van der Waals surface area contributed by atoms with Crippen LogP contribution in [0.1, 0.15) is 0 Å². The molecule has 0 aliphatic heterocycles. The summed E-state index contributed by atoms with van der Waals surface area (Å²) in [7, 11) is 2.79. The van der Waals surface area contributed by atoms with Crippen molar-refractivity contribution in [3.8, 4) is 5.75 Å². The highest BCUT2D eigenvalue weighted by Gasteiger charge is 2.05. The summed E-state index contributed by atoms with van der Waals surface area (Å²) < 4.78 is 9.39. The third kappa shape index (κ3) is 4.42. The molecule has 1 aromatic carbocycles. The Bertz CT molecular complexity index is 406. The Morgan fingerprint density at radius 1 is 1.29 bits per heavy atom. The topological polar surface area (TPSA) is 76.7 Å². The van der Waals surface area contributed by atoms with Crippen molar-refractivity contribution >= 4 is 17.7 Å². The first-order valence-electron chi connectivity index (χ1n) is 4.91. The fraction of sp³-hybridized carbons (Fsp3) is 0.273. The Balaban J connectivity index is 2.47. The normalized spacial score (nSPS) is 9.29. The zero-order valence-electron chi connectivity index (χ0n) is 9.65. The van der Waals surface area contributed by atoms with Crippen molar-refractivity contribution in [3.05, 3.63) is 24.3 Å². The average Bonchev–Trinajstić information content (AvgIpc) is 2.36. The fourth-order valence-corrected chi connectivity index (χ4v) is 1.10. The van der Waals surface area contributed by atoms with Crippen LogP contribution in [0.4, 0.5) is 10.5 Å². The summed E-state index contributed by atoms with van der Waals surface area (Å²) in [4.78, 5) is 22.1. The van der Waals surface area contributed by atoms with E-state index in [4.69, 9.17) is 4.74 Å². The third-order valence-corrected chi connectivity index (χ3v) is 1.95. The lowest BCUT2D eigenvalue weighted by atomic mass is 10.3. The number of anilines is 1. The number of carbonyl (C=O) groups is 2. The number of ether oxygens (including phenoxy) is 2. The van der Waals surface area contributed by atoms with E-state index in [-0.39, 0.29) is 6.54 Å². The Hall–Kier alpha value is -2.24. The van der Waals surface area contributed by atoms with Crippen LogP contribution in [0.5, 0.6) is 5.75 Å². The Morgan fingerprint density at radius 3 is 2.71 bits per heavy atom. The summed E-state index contributed by atoms with van der Waals surface area (Å²) in [6.07, 6.45) is 0. The van der Waals surface area contributed by atoms with E-state index in [1.807, 2.05) is 0 Å². The smallest absolute Gasteiger partial charge is 0.325 e. The molecule has 0 unspecified atom stereocenters. The minimum atomic E-state index is -0.509. The summed E-state index contributed by atoms with van der Waals surface area (Å²) in [5.74, 6) is 0.126. The summed E-state index contributed by atoms with van der Waals surface area (Å²) in [5.41, 5.74) is 0.576. The van der Waals surface area contributed by atoms with Gasteiger partial charge in [0, 0.05) is 11.8 Å². The molecule has 0 aliphatic carbocycles. The number of urea groups is 1. The maximum Gasteiger partial charge on any atom is 0.325 e. The van der Waals surface area contributed by atoms with E-state index in [1.54, 1.807) is 24.3 Å². The van der Waals surface area contributed by atoms with E-state index in [9.17, 15) is 9.59 Å². The van der Waals surface area contributed by atoms with Gasteiger partial charge in [0.15, 0.2) is 0 Å². The first-order valence-corrected chi connectivity index (χ1v) is 4.91. The van der Waals surface area contributed by atoms with Crippen molar-refractivity contribution in [1.82, 2.24) is 5.32 Å². The van der Waals surface area contributed by atoms with Crippen LogP contribution in [0.25, 0.3) is 0 Å². The molecular formula is C11H14N2O4. The van der Waals surface area contributed by atoms with E-state index in [2.05, 4.69) is 15.4 Å². The molecule has 0 saturated heterocycles. The summed E-state index contributed by atoms with van der Waals surface area (Å²) >= 11 is 0.